The van der Waals surface area contributed by atoms with Crippen LogP contribution in [0.15, 0.2) is 29.3 Å². The van der Waals surface area contributed by atoms with E-state index in [1.54, 1.807) is 7.11 Å². The van der Waals surface area contributed by atoms with Gasteiger partial charge in [0.2, 0.25) is 0 Å². The third-order valence-corrected chi connectivity index (χ3v) is 6.52. The van der Waals surface area contributed by atoms with E-state index in [2.05, 4.69) is 53.6 Å². The summed E-state index contributed by atoms with van der Waals surface area (Å²) < 4.78 is 13.0. The summed E-state index contributed by atoms with van der Waals surface area (Å²) in [6.45, 7) is 8.74. The molecule has 0 amide bonds. The molecule has 2 aromatic rings. The summed E-state index contributed by atoms with van der Waals surface area (Å²) in [5.74, 6) is 1.71. The van der Waals surface area contributed by atoms with Gasteiger partial charge in [-0.15, -0.1) is 24.0 Å². The minimum atomic E-state index is 0. The Morgan fingerprint density at radius 2 is 1.91 bits per heavy atom. The molecule has 1 aromatic carbocycles. The summed E-state index contributed by atoms with van der Waals surface area (Å²) in [6, 6.07) is 8.68. The highest BCUT2D eigenvalue weighted by atomic mass is 127. The maximum atomic E-state index is 5.67. The normalized spacial score (nSPS) is 16.8. The van der Waals surface area contributed by atoms with Crippen molar-refractivity contribution in [1.29, 1.82) is 0 Å². The number of nitrogens with one attached hydrogen (secondary N) is 2. The minimum absolute atomic E-state index is 0. The van der Waals surface area contributed by atoms with E-state index in [-0.39, 0.29) is 35.4 Å². The lowest BCUT2D eigenvalue weighted by Crippen LogP contribution is -2.50. The maximum Gasteiger partial charge on any atom is 0.191 e. The highest BCUT2D eigenvalue weighted by Crippen LogP contribution is 2.35. The Morgan fingerprint density at radius 1 is 1.25 bits per heavy atom. The van der Waals surface area contributed by atoms with Gasteiger partial charge in [-0.25, -0.2) is 0 Å². The molecule has 32 heavy (non-hydrogen) atoms. The van der Waals surface area contributed by atoms with Gasteiger partial charge >= 0.3 is 0 Å². The van der Waals surface area contributed by atoms with Gasteiger partial charge in [0.25, 0.3) is 0 Å². The number of benzene rings is 1. The fourth-order valence-electron chi connectivity index (χ4n) is 4.43. The Balaban J connectivity index is 0.00000363. The zero-order valence-corrected chi connectivity index (χ0v) is 22.5. The topological polar surface area (TPSA) is 72.7 Å². The molecule has 1 aliphatic heterocycles. The van der Waals surface area contributed by atoms with E-state index in [0.29, 0.717) is 0 Å². The van der Waals surface area contributed by atoms with Gasteiger partial charge in [-0.3, -0.25) is 9.67 Å². The molecule has 2 heterocycles. The Bertz CT molecular complexity index is 889. The lowest BCUT2D eigenvalue weighted by Gasteiger charge is -2.38. The third kappa shape index (κ3) is 6.15. The molecule has 0 radical (unpaired) electrons. The summed E-state index contributed by atoms with van der Waals surface area (Å²) in [5.41, 5.74) is 4.94. The van der Waals surface area contributed by atoms with Crippen molar-refractivity contribution in [3.8, 4) is 5.75 Å². The largest absolute Gasteiger partial charge is 0.497 e. The van der Waals surface area contributed by atoms with Crippen LogP contribution in [0.1, 0.15) is 42.3 Å². The molecule has 0 spiro atoms. The Morgan fingerprint density at radius 3 is 2.44 bits per heavy atom. The number of aromatic nitrogens is 2. The highest BCUT2D eigenvalue weighted by Gasteiger charge is 2.34. The van der Waals surface area contributed by atoms with Crippen molar-refractivity contribution in [2.75, 3.05) is 33.9 Å². The number of aryl methyl sites for hydroxylation is 2. The molecule has 1 aliphatic rings. The molecule has 1 aromatic heterocycles. The zero-order chi connectivity index (χ0) is 22.4. The first kappa shape index (κ1) is 26.4. The molecule has 7 nitrogen and oxygen atoms in total. The number of rotatable bonds is 7. The molecular weight excluding hydrogens is 517 g/mol. The van der Waals surface area contributed by atoms with E-state index in [1.807, 2.05) is 30.9 Å². The number of halogens is 1. The summed E-state index contributed by atoms with van der Waals surface area (Å²) in [6.07, 6.45) is 2.86. The molecular formula is C24H38IN5O2. The lowest BCUT2D eigenvalue weighted by molar-refractivity contribution is 0.0513. The van der Waals surface area contributed by atoms with E-state index in [9.17, 15) is 0 Å². The number of nitrogens with zero attached hydrogens (tertiary/aromatic N) is 3. The molecule has 0 saturated carbocycles. The van der Waals surface area contributed by atoms with Gasteiger partial charge in [0.1, 0.15) is 5.75 Å². The van der Waals surface area contributed by atoms with Gasteiger partial charge in [0.05, 0.1) is 12.8 Å². The predicted molar refractivity (Wildman–Crippen MR) is 140 cm³/mol. The van der Waals surface area contributed by atoms with Gasteiger partial charge < -0.3 is 20.1 Å². The molecule has 1 saturated heterocycles. The number of ether oxygens (including phenoxy) is 2. The van der Waals surface area contributed by atoms with Crippen LogP contribution in [0.5, 0.6) is 5.75 Å². The van der Waals surface area contributed by atoms with Crippen LogP contribution < -0.4 is 15.4 Å². The SMILES string of the molecule is CN=C(NCC1(c2ccc(OC)cc2)CCOCC1)NC(C)Cc1c(C)nn(C)c1C.I. The van der Waals surface area contributed by atoms with E-state index in [4.69, 9.17) is 9.47 Å². The number of hydrogen-bond donors (Lipinski definition) is 2. The molecule has 8 heteroatoms. The first-order valence-corrected chi connectivity index (χ1v) is 11.1. The summed E-state index contributed by atoms with van der Waals surface area (Å²) in [5, 5.41) is 11.7. The average Bonchev–Trinajstić information content (AvgIpc) is 3.03. The molecule has 1 unspecified atom stereocenters. The first-order chi connectivity index (χ1) is 14.9. The maximum absolute atomic E-state index is 5.67. The number of aliphatic imine (C=N–C) groups is 1. The fourth-order valence-corrected chi connectivity index (χ4v) is 4.43. The second-order valence-electron chi connectivity index (χ2n) is 8.57. The van der Waals surface area contributed by atoms with Crippen molar-refractivity contribution >= 4 is 29.9 Å². The molecule has 1 fully saturated rings. The van der Waals surface area contributed by atoms with E-state index in [0.717, 1.165) is 56.4 Å². The van der Waals surface area contributed by atoms with Crippen molar-refractivity contribution in [2.45, 2.75) is 51.5 Å². The fraction of sp³-hybridized carbons (Fsp3) is 0.583. The van der Waals surface area contributed by atoms with Crippen molar-refractivity contribution < 1.29 is 9.47 Å². The van der Waals surface area contributed by atoms with Gasteiger partial charge in [-0.05, 0) is 63.3 Å². The van der Waals surface area contributed by atoms with Crippen LogP contribution in [0.4, 0.5) is 0 Å². The van der Waals surface area contributed by atoms with E-state index < -0.39 is 0 Å². The summed E-state index contributed by atoms with van der Waals surface area (Å²) in [4.78, 5) is 4.48. The molecule has 2 N–H and O–H groups in total. The predicted octanol–water partition coefficient (Wildman–Crippen LogP) is 3.51. The van der Waals surface area contributed by atoms with Crippen LogP contribution in [0, 0.1) is 13.8 Å². The zero-order valence-electron chi connectivity index (χ0n) is 20.2. The Kier molecular flexibility index (Phi) is 9.82. The summed E-state index contributed by atoms with van der Waals surface area (Å²) in [7, 11) is 5.52. The Labute approximate surface area is 209 Å². The van der Waals surface area contributed by atoms with Crippen molar-refractivity contribution in [2.24, 2.45) is 12.0 Å². The smallest absolute Gasteiger partial charge is 0.191 e. The van der Waals surface area contributed by atoms with E-state index >= 15 is 0 Å². The minimum Gasteiger partial charge on any atom is -0.497 e. The van der Waals surface area contributed by atoms with Gasteiger partial charge in [-0.2, -0.15) is 5.10 Å². The number of hydrogen-bond acceptors (Lipinski definition) is 4. The van der Waals surface area contributed by atoms with Crippen LogP contribution in [-0.4, -0.2) is 55.7 Å². The highest BCUT2D eigenvalue weighted by molar-refractivity contribution is 14.0. The second-order valence-corrected chi connectivity index (χ2v) is 8.57. The second kappa shape index (κ2) is 11.9. The molecule has 3 rings (SSSR count). The van der Waals surface area contributed by atoms with Gasteiger partial charge in [-0.1, -0.05) is 12.1 Å². The molecule has 1 atom stereocenters. The lowest BCUT2D eigenvalue weighted by atomic mass is 9.74. The van der Waals surface area contributed by atoms with Crippen molar-refractivity contribution in [3.63, 3.8) is 0 Å². The summed E-state index contributed by atoms with van der Waals surface area (Å²) >= 11 is 0. The van der Waals surface area contributed by atoms with Crippen LogP contribution in [-0.2, 0) is 23.6 Å². The van der Waals surface area contributed by atoms with Crippen LogP contribution >= 0.6 is 24.0 Å². The van der Waals surface area contributed by atoms with Crippen LogP contribution in [0.25, 0.3) is 0 Å². The van der Waals surface area contributed by atoms with Crippen LogP contribution in [0.2, 0.25) is 0 Å². The number of methoxy groups -OCH3 is 1. The third-order valence-electron chi connectivity index (χ3n) is 6.52. The monoisotopic (exact) mass is 555 g/mol. The van der Waals surface area contributed by atoms with Crippen molar-refractivity contribution in [3.05, 3.63) is 46.8 Å². The van der Waals surface area contributed by atoms with Crippen LogP contribution in [0.3, 0.4) is 0 Å². The Hall–Kier alpha value is -1.81. The average molecular weight is 556 g/mol. The quantitative estimate of drug-likeness (QED) is 0.311. The van der Waals surface area contributed by atoms with E-state index in [1.165, 1.54) is 16.8 Å². The van der Waals surface area contributed by atoms with Gasteiger partial charge in [0.15, 0.2) is 5.96 Å². The standard InChI is InChI=1S/C24H37N5O2.HI/c1-17(15-22-18(2)28-29(5)19(22)3)27-23(25-4)26-16-24(11-13-31-14-12-24)20-7-9-21(30-6)10-8-20;/h7-10,17H,11-16H2,1-6H3,(H2,25,26,27);1H. The van der Waals surface area contributed by atoms with Gasteiger partial charge in [0, 0.05) is 51.0 Å². The van der Waals surface area contributed by atoms with Crippen molar-refractivity contribution in [1.82, 2.24) is 20.4 Å². The molecule has 178 valence electrons. The number of guanidine groups is 1. The molecule has 0 aliphatic carbocycles. The molecule has 0 bridgehead atoms. The first-order valence-electron chi connectivity index (χ1n) is 11.1.